The number of rotatable bonds is 4. The Labute approximate surface area is 135 Å². The minimum Gasteiger partial charge on any atom is -0.486 e. The average molecular weight is 324 g/mol. The van der Waals surface area contributed by atoms with Crippen LogP contribution in [0, 0.1) is 5.82 Å². The van der Waals surface area contributed by atoms with E-state index in [2.05, 4.69) is 0 Å². The smallest absolute Gasteiger partial charge is 0.161 e. The molecule has 2 N–H and O–H groups in total. The number of halogens is 2. The van der Waals surface area contributed by atoms with E-state index in [0.29, 0.717) is 13.2 Å². The molecule has 0 spiro atoms. The Balaban J connectivity index is 0.00000176. The van der Waals surface area contributed by atoms with Gasteiger partial charge in [0.1, 0.15) is 19.0 Å². The van der Waals surface area contributed by atoms with Crippen LogP contribution in [-0.2, 0) is 6.42 Å². The Morgan fingerprint density at radius 3 is 2.41 bits per heavy atom. The molecule has 0 saturated heterocycles. The molecule has 1 aliphatic rings. The highest BCUT2D eigenvalue weighted by molar-refractivity contribution is 5.85. The first-order chi connectivity index (χ1) is 10.2. The second kappa shape index (κ2) is 7.47. The Kier molecular flexibility index (Phi) is 5.63. The number of benzene rings is 2. The monoisotopic (exact) mass is 323 g/mol. The molecular formula is C17H19ClFNO2. The number of hydrogen-bond acceptors (Lipinski definition) is 3. The van der Waals surface area contributed by atoms with Gasteiger partial charge in [-0.2, -0.15) is 0 Å². The van der Waals surface area contributed by atoms with E-state index < -0.39 is 0 Å². The first kappa shape index (κ1) is 16.6. The first-order valence-corrected chi connectivity index (χ1v) is 7.12. The van der Waals surface area contributed by atoms with E-state index in [4.69, 9.17) is 15.2 Å². The standard InChI is InChI=1S/C17H18FNO2.ClH/c18-14-5-1-12(2-6-14)3-7-15(19)13-4-8-16-17(11-13)21-10-9-20-16;/h1-2,4-6,8,11,15H,3,7,9-10,19H2;1H. The van der Waals surface area contributed by atoms with Crippen LogP contribution in [0.4, 0.5) is 4.39 Å². The Hall–Kier alpha value is -1.78. The maximum absolute atomic E-state index is 12.9. The predicted octanol–water partition coefficient (Wildman–Crippen LogP) is 3.65. The van der Waals surface area contributed by atoms with Crippen LogP contribution < -0.4 is 15.2 Å². The third-order valence-electron chi connectivity index (χ3n) is 3.65. The molecule has 1 unspecified atom stereocenters. The average Bonchev–Trinajstić information content (AvgIpc) is 2.53. The van der Waals surface area contributed by atoms with Gasteiger partial charge in [-0.05, 0) is 48.2 Å². The third kappa shape index (κ3) is 3.90. The number of hydrogen-bond donors (Lipinski definition) is 1. The van der Waals surface area contributed by atoms with Gasteiger partial charge in [0.25, 0.3) is 0 Å². The number of fused-ring (bicyclic) bond motifs is 1. The van der Waals surface area contributed by atoms with E-state index in [-0.39, 0.29) is 24.3 Å². The molecule has 0 radical (unpaired) electrons. The summed E-state index contributed by atoms with van der Waals surface area (Å²) in [5.74, 6) is 1.32. The molecule has 0 bridgehead atoms. The summed E-state index contributed by atoms with van der Waals surface area (Å²) >= 11 is 0. The summed E-state index contributed by atoms with van der Waals surface area (Å²) in [6, 6.07) is 12.3. The third-order valence-corrected chi connectivity index (χ3v) is 3.65. The molecule has 3 nitrogen and oxygen atoms in total. The summed E-state index contributed by atoms with van der Waals surface area (Å²) in [4.78, 5) is 0. The molecule has 0 fully saturated rings. The van der Waals surface area contributed by atoms with Crippen LogP contribution in [0.1, 0.15) is 23.6 Å². The molecule has 3 rings (SSSR count). The fourth-order valence-electron chi connectivity index (χ4n) is 2.43. The van der Waals surface area contributed by atoms with Gasteiger partial charge in [0.15, 0.2) is 11.5 Å². The van der Waals surface area contributed by atoms with Gasteiger partial charge in [0.2, 0.25) is 0 Å². The van der Waals surface area contributed by atoms with Crippen molar-refractivity contribution in [1.29, 1.82) is 0 Å². The molecule has 0 aliphatic carbocycles. The maximum atomic E-state index is 12.9. The summed E-state index contributed by atoms with van der Waals surface area (Å²) in [6.07, 6.45) is 1.61. The molecule has 2 aromatic rings. The van der Waals surface area contributed by atoms with Crippen molar-refractivity contribution in [3.63, 3.8) is 0 Å². The molecule has 1 heterocycles. The highest BCUT2D eigenvalue weighted by Gasteiger charge is 2.14. The minimum absolute atomic E-state index is 0. The zero-order valence-electron chi connectivity index (χ0n) is 12.1. The van der Waals surface area contributed by atoms with Gasteiger partial charge in [-0.15, -0.1) is 12.4 Å². The summed E-state index contributed by atoms with van der Waals surface area (Å²) < 4.78 is 23.9. The van der Waals surface area contributed by atoms with Gasteiger partial charge in [0.05, 0.1) is 0 Å². The molecule has 0 saturated carbocycles. The zero-order chi connectivity index (χ0) is 14.7. The molecule has 0 amide bonds. The molecule has 2 aromatic carbocycles. The van der Waals surface area contributed by atoms with Gasteiger partial charge in [0, 0.05) is 6.04 Å². The van der Waals surface area contributed by atoms with E-state index >= 15 is 0 Å². The minimum atomic E-state index is -0.213. The summed E-state index contributed by atoms with van der Waals surface area (Å²) in [5.41, 5.74) is 8.35. The summed E-state index contributed by atoms with van der Waals surface area (Å²) in [7, 11) is 0. The van der Waals surface area contributed by atoms with Crippen molar-refractivity contribution < 1.29 is 13.9 Å². The predicted molar refractivity (Wildman–Crippen MR) is 86.3 cm³/mol. The Morgan fingerprint density at radius 1 is 1.00 bits per heavy atom. The van der Waals surface area contributed by atoms with Crippen molar-refractivity contribution in [3.05, 3.63) is 59.4 Å². The van der Waals surface area contributed by atoms with Crippen LogP contribution in [-0.4, -0.2) is 13.2 Å². The highest BCUT2D eigenvalue weighted by atomic mass is 35.5. The van der Waals surface area contributed by atoms with Crippen LogP contribution in [0.5, 0.6) is 11.5 Å². The van der Waals surface area contributed by atoms with Crippen molar-refractivity contribution in [2.45, 2.75) is 18.9 Å². The molecule has 0 aromatic heterocycles. The molecule has 1 aliphatic heterocycles. The summed E-state index contributed by atoms with van der Waals surface area (Å²) in [5, 5.41) is 0. The van der Waals surface area contributed by atoms with Crippen molar-refractivity contribution >= 4 is 12.4 Å². The number of ether oxygens (including phenoxy) is 2. The lowest BCUT2D eigenvalue weighted by molar-refractivity contribution is 0.171. The normalized spacial score (nSPS) is 14.1. The quantitative estimate of drug-likeness (QED) is 0.934. The van der Waals surface area contributed by atoms with Crippen LogP contribution >= 0.6 is 12.4 Å². The molecule has 118 valence electrons. The largest absolute Gasteiger partial charge is 0.486 e. The lowest BCUT2D eigenvalue weighted by atomic mass is 9.99. The van der Waals surface area contributed by atoms with Gasteiger partial charge < -0.3 is 15.2 Å². The number of nitrogens with two attached hydrogens (primary N) is 1. The molecule has 5 heteroatoms. The van der Waals surface area contributed by atoms with Crippen LogP contribution in [0.15, 0.2) is 42.5 Å². The molecular weight excluding hydrogens is 305 g/mol. The van der Waals surface area contributed by atoms with E-state index in [1.807, 2.05) is 18.2 Å². The summed E-state index contributed by atoms with van der Waals surface area (Å²) in [6.45, 7) is 1.16. The second-order valence-corrected chi connectivity index (χ2v) is 5.17. The molecule has 22 heavy (non-hydrogen) atoms. The molecule has 1 atom stereocenters. The first-order valence-electron chi connectivity index (χ1n) is 7.12. The second-order valence-electron chi connectivity index (χ2n) is 5.17. The van der Waals surface area contributed by atoms with Crippen molar-refractivity contribution in [2.75, 3.05) is 13.2 Å². The Morgan fingerprint density at radius 2 is 1.68 bits per heavy atom. The van der Waals surface area contributed by atoms with Crippen LogP contribution in [0.3, 0.4) is 0 Å². The van der Waals surface area contributed by atoms with Gasteiger partial charge in [-0.3, -0.25) is 0 Å². The lowest BCUT2D eigenvalue weighted by Crippen LogP contribution is -2.17. The van der Waals surface area contributed by atoms with E-state index in [1.165, 1.54) is 12.1 Å². The lowest BCUT2D eigenvalue weighted by Gasteiger charge is -2.20. The highest BCUT2D eigenvalue weighted by Crippen LogP contribution is 2.33. The number of aryl methyl sites for hydroxylation is 1. The van der Waals surface area contributed by atoms with Gasteiger partial charge in [-0.1, -0.05) is 18.2 Å². The van der Waals surface area contributed by atoms with Crippen LogP contribution in [0.2, 0.25) is 0 Å². The van der Waals surface area contributed by atoms with Gasteiger partial charge >= 0.3 is 0 Å². The SMILES string of the molecule is Cl.NC(CCc1ccc(F)cc1)c1ccc2c(c1)OCCO2. The topological polar surface area (TPSA) is 44.5 Å². The van der Waals surface area contributed by atoms with E-state index in [0.717, 1.165) is 35.5 Å². The van der Waals surface area contributed by atoms with Crippen molar-refractivity contribution in [3.8, 4) is 11.5 Å². The van der Waals surface area contributed by atoms with E-state index in [1.54, 1.807) is 12.1 Å². The fourth-order valence-corrected chi connectivity index (χ4v) is 2.43. The zero-order valence-corrected chi connectivity index (χ0v) is 12.9. The fraction of sp³-hybridized carbons (Fsp3) is 0.294. The van der Waals surface area contributed by atoms with Crippen molar-refractivity contribution in [1.82, 2.24) is 0 Å². The van der Waals surface area contributed by atoms with Gasteiger partial charge in [-0.25, -0.2) is 4.39 Å². The van der Waals surface area contributed by atoms with Crippen LogP contribution in [0.25, 0.3) is 0 Å². The maximum Gasteiger partial charge on any atom is 0.161 e. The van der Waals surface area contributed by atoms with Crippen molar-refractivity contribution in [2.24, 2.45) is 5.73 Å². The van der Waals surface area contributed by atoms with E-state index in [9.17, 15) is 4.39 Å². The Bertz CT molecular complexity index is 619.